The van der Waals surface area contributed by atoms with Crippen molar-refractivity contribution in [3.05, 3.63) is 35.5 Å². The van der Waals surface area contributed by atoms with Crippen molar-refractivity contribution < 1.29 is 15.7 Å². The standard InChI is InChI=1S/C27H44O2.H2O/c1-19-10-13-23(28)18-22(19)12-11-21-9-7-17-27(5)24(14-15-25(21)27)20(2)8-6-16-26(3,4)29;/h11-12,20,23-25,28-29H,1,6-10,13-18H2,2-5H3;1H2/b21-11+,22-12-;/t20-,23+,24-,25?,27-;/m1./s1. The van der Waals surface area contributed by atoms with E-state index in [0.717, 1.165) is 49.9 Å². The number of aliphatic hydroxyl groups excluding tert-OH is 1. The molecule has 0 bridgehead atoms. The normalized spacial score (nSPS) is 35.9. The molecule has 0 spiro atoms. The van der Waals surface area contributed by atoms with Gasteiger partial charge in [0.1, 0.15) is 0 Å². The highest BCUT2D eigenvalue weighted by atomic mass is 16.3. The summed E-state index contributed by atoms with van der Waals surface area (Å²) in [6, 6.07) is 0. The van der Waals surface area contributed by atoms with E-state index < -0.39 is 5.60 Å². The number of fused-ring (bicyclic) bond motifs is 1. The Morgan fingerprint density at radius 2 is 1.93 bits per heavy atom. The molecule has 30 heavy (non-hydrogen) atoms. The predicted molar refractivity (Wildman–Crippen MR) is 126 cm³/mol. The number of hydrogen-bond donors (Lipinski definition) is 2. The average molecular weight is 419 g/mol. The van der Waals surface area contributed by atoms with E-state index in [-0.39, 0.29) is 11.6 Å². The van der Waals surface area contributed by atoms with E-state index in [1.807, 2.05) is 13.8 Å². The maximum Gasteiger partial charge on any atom is 0.0591 e. The summed E-state index contributed by atoms with van der Waals surface area (Å²) in [5.41, 5.74) is 4.02. The zero-order valence-electron chi connectivity index (χ0n) is 19.8. The van der Waals surface area contributed by atoms with Crippen molar-refractivity contribution in [3.63, 3.8) is 0 Å². The van der Waals surface area contributed by atoms with Gasteiger partial charge in [-0.2, -0.15) is 0 Å². The van der Waals surface area contributed by atoms with Crippen molar-refractivity contribution in [2.45, 2.75) is 110 Å². The molecule has 0 aromatic carbocycles. The lowest BCUT2D eigenvalue weighted by Crippen LogP contribution is -2.36. The molecule has 3 aliphatic carbocycles. The zero-order chi connectivity index (χ0) is 21.2. The Hall–Kier alpha value is -0.900. The minimum Gasteiger partial charge on any atom is -0.412 e. The molecule has 4 N–H and O–H groups in total. The monoisotopic (exact) mass is 418 g/mol. The summed E-state index contributed by atoms with van der Waals surface area (Å²) in [7, 11) is 0. The molecule has 0 heterocycles. The molecule has 1 unspecified atom stereocenters. The molecule has 3 aliphatic rings. The fourth-order valence-electron chi connectivity index (χ4n) is 6.67. The Morgan fingerprint density at radius 1 is 1.20 bits per heavy atom. The van der Waals surface area contributed by atoms with Crippen LogP contribution in [0.4, 0.5) is 0 Å². The number of hydrogen-bond acceptors (Lipinski definition) is 2. The van der Waals surface area contributed by atoms with E-state index >= 15 is 0 Å². The highest BCUT2D eigenvalue weighted by Gasteiger charge is 2.50. The van der Waals surface area contributed by atoms with Gasteiger partial charge in [-0.05, 0) is 100 Å². The van der Waals surface area contributed by atoms with Crippen LogP contribution in [0.1, 0.15) is 98.3 Å². The number of aliphatic hydroxyl groups is 2. The lowest BCUT2D eigenvalue weighted by atomic mass is 9.60. The van der Waals surface area contributed by atoms with Crippen LogP contribution >= 0.6 is 0 Å². The van der Waals surface area contributed by atoms with Crippen LogP contribution in [0, 0.1) is 23.2 Å². The van der Waals surface area contributed by atoms with Crippen molar-refractivity contribution in [1.82, 2.24) is 0 Å². The van der Waals surface area contributed by atoms with E-state index in [1.54, 1.807) is 5.57 Å². The van der Waals surface area contributed by atoms with E-state index in [9.17, 15) is 10.2 Å². The van der Waals surface area contributed by atoms with Crippen molar-refractivity contribution in [1.29, 1.82) is 0 Å². The van der Waals surface area contributed by atoms with E-state index in [0.29, 0.717) is 5.41 Å². The molecule has 3 rings (SSSR count). The first kappa shape index (κ1) is 25.4. The Labute approximate surface area is 184 Å². The minimum absolute atomic E-state index is 0. The van der Waals surface area contributed by atoms with Gasteiger partial charge in [0.2, 0.25) is 0 Å². The van der Waals surface area contributed by atoms with Crippen LogP contribution in [-0.2, 0) is 0 Å². The smallest absolute Gasteiger partial charge is 0.0591 e. The van der Waals surface area contributed by atoms with Gasteiger partial charge in [0.05, 0.1) is 11.7 Å². The summed E-state index contributed by atoms with van der Waals surface area (Å²) in [5.74, 6) is 2.26. The Bertz CT molecular complexity index is 654. The van der Waals surface area contributed by atoms with Gasteiger partial charge in [0, 0.05) is 0 Å². The van der Waals surface area contributed by atoms with Crippen LogP contribution < -0.4 is 0 Å². The lowest BCUT2D eigenvalue weighted by molar-refractivity contribution is 0.0596. The SMILES string of the molecule is C=C1CC[C@H](O)C/C1=C/C=C1\CCC[C@@]2(C)C1CC[C@@H]2[C@H](C)CCCC(C)(C)O.O. The molecule has 3 saturated carbocycles. The van der Waals surface area contributed by atoms with Crippen LogP contribution in [0.15, 0.2) is 35.5 Å². The Morgan fingerprint density at radius 3 is 2.63 bits per heavy atom. The first-order valence-corrected chi connectivity index (χ1v) is 12.1. The quantitative estimate of drug-likeness (QED) is 0.563. The third-order valence-electron chi connectivity index (χ3n) is 8.36. The molecule has 0 radical (unpaired) electrons. The second kappa shape index (κ2) is 10.1. The lowest BCUT2D eigenvalue weighted by Gasteiger charge is -2.44. The van der Waals surface area contributed by atoms with Crippen LogP contribution in [0.5, 0.6) is 0 Å². The summed E-state index contributed by atoms with van der Waals surface area (Å²) in [5, 5.41) is 20.1. The molecule has 0 aliphatic heterocycles. The molecule has 0 aromatic rings. The number of allylic oxidation sites excluding steroid dienone is 4. The first-order chi connectivity index (χ1) is 13.6. The molecule has 172 valence electrons. The first-order valence-electron chi connectivity index (χ1n) is 12.1. The van der Waals surface area contributed by atoms with Crippen LogP contribution in [-0.4, -0.2) is 27.4 Å². The molecule has 0 saturated heterocycles. The summed E-state index contributed by atoms with van der Waals surface area (Å²) < 4.78 is 0. The zero-order valence-corrected chi connectivity index (χ0v) is 19.8. The van der Waals surface area contributed by atoms with Crippen LogP contribution in [0.3, 0.4) is 0 Å². The van der Waals surface area contributed by atoms with E-state index in [4.69, 9.17) is 0 Å². The van der Waals surface area contributed by atoms with Crippen molar-refractivity contribution in [3.8, 4) is 0 Å². The fourth-order valence-corrected chi connectivity index (χ4v) is 6.67. The largest absolute Gasteiger partial charge is 0.412 e. The van der Waals surface area contributed by atoms with Crippen molar-refractivity contribution in [2.24, 2.45) is 23.2 Å². The molecular formula is C27H46O3. The fraction of sp³-hybridized carbons (Fsp3) is 0.778. The Balaban J connectivity index is 0.00000320. The van der Waals surface area contributed by atoms with Gasteiger partial charge >= 0.3 is 0 Å². The highest BCUT2D eigenvalue weighted by Crippen LogP contribution is 2.60. The third kappa shape index (κ3) is 5.87. The Kier molecular flexibility index (Phi) is 8.58. The maximum atomic E-state index is 10.0. The van der Waals surface area contributed by atoms with Crippen LogP contribution in [0.2, 0.25) is 0 Å². The predicted octanol–water partition coefficient (Wildman–Crippen LogP) is 5.91. The molecular weight excluding hydrogens is 372 g/mol. The summed E-state index contributed by atoms with van der Waals surface area (Å²) in [4.78, 5) is 0. The van der Waals surface area contributed by atoms with Gasteiger partial charge in [-0.15, -0.1) is 0 Å². The average Bonchev–Trinajstić information content (AvgIpc) is 2.99. The molecule has 0 amide bonds. The van der Waals surface area contributed by atoms with Gasteiger partial charge < -0.3 is 15.7 Å². The minimum atomic E-state index is -0.535. The van der Waals surface area contributed by atoms with Gasteiger partial charge in [-0.25, -0.2) is 0 Å². The van der Waals surface area contributed by atoms with Gasteiger partial charge in [0.25, 0.3) is 0 Å². The van der Waals surface area contributed by atoms with Gasteiger partial charge in [0.15, 0.2) is 0 Å². The number of rotatable bonds is 6. The summed E-state index contributed by atoms with van der Waals surface area (Å²) in [6.45, 7) is 13.1. The second-order valence-electron chi connectivity index (χ2n) is 11.2. The molecule has 3 nitrogen and oxygen atoms in total. The molecule has 5 atom stereocenters. The summed E-state index contributed by atoms with van der Waals surface area (Å²) in [6.07, 6.45) is 16.9. The highest BCUT2D eigenvalue weighted by molar-refractivity contribution is 5.36. The third-order valence-corrected chi connectivity index (χ3v) is 8.36. The molecule has 3 heteroatoms. The maximum absolute atomic E-state index is 10.0. The summed E-state index contributed by atoms with van der Waals surface area (Å²) >= 11 is 0. The second-order valence-corrected chi connectivity index (χ2v) is 11.2. The van der Waals surface area contributed by atoms with Crippen molar-refractivity contribution >= 4 is 0 Å². The van der Waals surface area contributed by atoms with Gasteiger partial charge in [-0.3, -0.25) is 0 Å². The molecule has 3 fully saturated rings. The van der Waals surface area contributed by atoms with Crippen LogP contribution in [0.25, 0.3) is 0 Å². The molecule has 0 aromatic heterocycles. The topological polar surface area (TPSA) is 72.0 Å². The van der Waals surface area contributed by atoms with Gasteiger partial charge in [-0.1, -0.05) is 56.6 Å². The van der Waals surface area contributed by atoms with E-state index in [1.165, 1.54) is 49.7 Å². The van der Waals surface area contributed by atoms with Crippen molar-refractivity contribution in [2.75, 3.05) is 0 Å². The van der Waals surface area contributed by atoms with E-state index in [2.05, 4.69) is 32.6 Å².